The summed E-state index contributed by atoms with van der Waals surface area (Å²) in [6, 6.07) is 5.64. The van der Waals surface area contributed by atoms with Gasteiger partial charge in [-0.05, 0) is 31.2 Å². The van der Waals surface area contributed by atoms with Gasteiger partial charge in [0.05, 0.1) is 16.3 Å². The quantitative estimate of drug-likeness (QED) is 0.803. The standard InChI is InChI=1S/C12H10ClN3O3/c1-6-4-10(16-15-6)11(17)14-9-5-7(12(18)19)2-3-8(9)13/h2-5H,1H3,(H,14,17)(H,15,16)(H,18,19). The largest absolute Gasteiger partial charge is 0.478 e. The molecule has 6 nitrogen and oxygen atoms in total. The van der Waals surface area contributed by atoms with Crippen LogP contribution in [0.1, 0.15) is 26.5 Å². The van der Waals surface area contributed by atoms with E-state index in [0.29, 0.717) is 0 Å². The average Bonchev–Trinajstić information content (AvgIpc) is 2.78. The monoisotopic (exact) mass is 279 g/mol. The van der Waals surface area contributed by atoms with Gasteiger partial charge >= 0.3 is 5.97 Å². The van der Waals surface area contributed by atoms with Crippen molar-refractivity contribution in [3.05, 3.63) is 46.2 Å². The highest BCUT2D eigenvalue weighted by atomic mass is 35.5. The molecule has 0 atom stereocenters. The van der Waals surface area contributed by atoms with Crippen LogP contribution < -0.4 is 5.32 Å². The van der Waals surface area contributed by atoms with Crippen LogP contribution in [0.4, 0.5) is 5.69 Å². The SMILES string of the molecule is Cc1cc(C(=O)Nc2cc(C(=O)O)ccc2Cl)n[nH]1. The van der Waals surface area contributed by atoms with E-state index in [1.54, 1.807) is 13.0 Å². The first-order valence-corrected chi connectivity index (χ1v) is 5.71. The van der Waals surface area contributed by atoms with Crippen molar-refractivity contribution >= 4 is 29.2 Å². The van der Waals surface area contributed by atoms with Gasteiger partial charge in [0.25, 0.3) is 5.91 Å². The normalized spacial score (nSPS) is 10.2. The van der Waals surface area contributed by atoms with Gasteiger partial charge in [-0.15, -0.1) is 0 Å². The Balaban J connectivity index is 2.25. The predicted octanol–water partition coefficient (Wildman–Crippen LogP) is 2.32. The van der Waals surface area contributed by atoms with Crippen molar-refractivity contribution < 1.29 is 14.7 Å². The minimum Gasteiger partial charge on any atom is -0.478 e. The Morgan fingerprint density at radius 3 is 2.68 bits per heavy atom. The highest BCUT2D eigenvalue weighted by Gasteiger charge is 2.13. The molecule has 1 heterocycles. The lowest BCUT2D eigenvalue weighted by molar-refractivity contribution is 0.0696. The van der Waals surface area contributed by atoms with Crippen molar-refractivity contribution in [2.75, 3.05) is 5.32 Å². The molecule has 0 saturated carbocycles. The van der Waals surface area contributed by atoms with Crippen molar-refractivity contribution in [2.45, 2.75) is 6.92 Å². The zero-order valence-electron chi connectivity index (χ0n) is 9.90. The zero-order valence-corrected chi connectivity index (χ0v) is 10.7. The molecule has 0 bridgehead atoms. The molecular formula is C12H10ClN3O3. The Kier molecular flexibility index (Phi) is 3.52. The number of H-pyrrole nitrogens is 1. The van der Waals surface area contributed by atoms with Gasteiger partial charge in [0.2, 0.25) is 0 Å². The van der Waals surface area contributed by atoms with Gasteiger partial charge < -0.3 is 10.4 Å². The molecular weight excluding hydrogens is 270 g/mol. The third kappa shape index (κ3) is 2.92. The second kappa shape index (κ2) is 5.11. The number of aromatic carboxylic acids is 1. The number of anilines is 1. The number of hydrogen-bond donors (Lipinski definition) is 3. The fraction of sp³-hybridized carbons (Fsp3) is 0.0833. The molecule has 98 valence electrons. The van der Waals surface area contributed by atoms with Crippen LogP contribution in [0.3, 0.4) is 0 Å². The van der Waals surface area contributed by atoms with E-state index in [1.807, 2.05) is 0 Å². The van der Waals surface area contributed by atoms with Crippen LogP contribution in [0.15, 0.2) is 24.3 Å². The average molecular weight is 280 g/mol. The number of carboxylic acid groups (broad SMARTS) is 1. The third-order valence-electron chi connectivity index (χ3n) is 2.40. The van der Waals surface area contributed by atoms with Crippen molar-refractivity contribution in [3.8, 4) is 0 Å². The van der Waals surface area contributed by atoms with Crippen LogP contribution in [-0.4, -0.2) is 27.2 Å². The van der Waals surface area contributed by atoms with Gasteiger partial charge in [0, 0.05) is 5.69 Å². The number of nitrogens with zero attached hydrogens (tertiary/aromatic N) is 1. The number of amides is 1. The lowest BCUT2D eigenvalue weighted by Gasteiger charge is -2.06. The van der Waals surface area contributed by atoms with E-state index in [4.69, 9.17) is 16.7 Å². The van der Waals surface area contributed by atoms with Crippen LogP contribution in [0, 0.1) is 6.92 Å². The molecule has 3 N–H and O–H groups in total. The maximum absolute atomic E-state index is 11.9. The van der Waals surface area contributed by atoms with Gasteiger partial charge in [-0.2, -0.15) is 5.10 Å². The molecule has 0 radical (unpaired) electrons. The molecule has 2 rings (SSSR count). The van der Waals surface area contributed by atoms with Crippen LogP contribution in [0.2, 0.25) is 5.02 Å². The van der Waals surface area contributed by atoms with Gasteiger partial charge in [-0.3, -0.25) is 9.89 Å². The van der Waals surface area contributed by atoms with Crippen molar-refractivity contribution in [2.24, 2.45) is 0 Å². The fourth-order valence-corrected chi connectivity index (χ4v) is 1.64. The molecule has 0 aliphatic rings. The highest BCUT2D eigenvalue weighted by Crippen LogP contribution is 2.23. The molecule has 0 spiro atoms. The van der Waals surface area contributed by atoms with E-state index in [0.717, 1.165) is 5.69 Å². The summed E-state index contributed by atoms with van der Waals surface area (Å²) >= 11 is 5.90. The van der Waals surface area contributed by atoms with Crippen molar-refractivity contribution in [1.82, 2.24) is 10.2 Å². The summed E-state index contributed by atoms with van der Waals surface area (Å²) in [7, 11) is 0. The number of aromatic nitrogens is 2. The first-order chi connectivity index (χ1) is 8.97. The summed E-state index contributed by atoms with van der Waals surface area (Å²) in [5, 5.41) is 18.1. The molecule has 2 aromatic rings. The second-order valence-corrected chi connectivity index (χ2v) is 4.30. The summed E-state index contributed by atoms with van der Waals surface area (Å²) in [6.45, 7) is 1.77. The summed E-state index contributed by atoms with van der Waals surface area (Å²) in [5.41, 5.74) is 1.22. The molecule has 7 heteroatoms. The number of carbonyl (C=O) groups excluding carboxylic acids is 1. The maximum atomic E-state index is 11.9. The second-order valence-electron chi connectivity index (χ2n) is 3.89. The molecule has 1 aromatic carbocycles. The molecule has 1 amide bonds. The number of benzene rings is 1. The van der Waals surface area contributed by atoms with E-state index >= 15 is 0 Å². The van der Waals surface area contributed by atoms with E-state index in [1.165, 1.54) is 18.2 Å². The fourth-order valence-electron chi connectivity index (χ4n) is 1.47. The van der Waals surface area contributed by atoms with Crippen LogP contribution in [0.5, 0.6) is 0 Å². The van der Waals surface area contributed by atoms with Gasteiger partial charge in [0.15, 0.2) is 5.69 Å². The van der Waals surface area contributed by atoms with Crippen LogP contribution in [-0.2, 0) is 0 Å². The number of aryl methyl sites for hydroxylation is 1. The number of nitrogens with one attached hydrogen (secondary N) is 2. The molecule has 0 unspecified atom stereocenters. The summed E-state index contributed by atoms with van der Waals surface area (Å²) in [4.78, 5) is 22.7. The number of carboxylic acids is 1. The summed E-state index contributed by atoms with van der Waals surface area (Å²) in [6.07, 6.45) is 0. The van der Waals surface area contributed by atoms with E-state index in [9.17, 15) is 9.59 Å². The predicted molar refractivity (Wildman–Crippen MR) is 69.7 cm³/mol. The van der Waals surface area contributed by atoms with Crippen molar-refractivity contribution in [3.63, 3.8) is 0 Å². The van der Waals surface area contributed by atoms with E-state index < -0.39 is 11.9 Å². The van der Waals surface area contributed by atoms with Crippen LogP contribution in [0.25, 0.3) is 0 Å². The van der Waals surface area contributed by atoms with Crippen molar-refractivity contribution in [1.29, 1.82) is 0 Å². The number of carbonyl (C=O) groups is 2. The lowest BCUT2D eigenvalue weighted by Crippen LogP contribution is -2.13. The van der Waals surface area contributed by atoms with Crippen LogP contribution >= 0.6 is 11.6 Å². The lowest BCUT2D eigenvalue weighted by atomic mass is 10.2. The molecule has 0 fully saturated rings. The Bertz CT molecular complexity index is 651. The molecule has 0 aliphatic heterocycles. The number of hydrogen-bond acceptors (Lipinski definition) is 3. The number of aromatic amines is 1. The van der Waals surface area contributed by atoms with Gasteiger partial charge in [0.1, 0.15) is 0 Å². The minimum atomic E-state index is -1.09. The summed E-state index contributed by atoms with van der Waals surface area (Å²) in [5.74, 6) is -1.56. The highest BCUT2D eigenvalue weighted by molar-refractivity contribution is 6.34. The Morgan fingerprint density at radius 2 is 2.11 bits per heavy atom. The Morgan fingerprint density at radius 1 is 1.37 bits per heavy atom. The van der Waals surface area contributed by atoms with E-state index in [2.05, 4.69) is 15.5 Å². The first-order valence-electron chi connectivity index (χ1n) is 5.33. The maximum Gasteiger partial charge on any atom is 0.335 e. The molecule has 19 heavy (non-hydrogen) atoms. The minimum absolute atomic E-state index is 0.0397. The molecule has 1 aromatic heterocycles. The van der Waals surface area contributed by atoms with E-state index in [-0.39, 0.29) is 22.0 Å². The first kappa shape index (κ1) is 13.1. The Labute approximate surface area is 113 Å². The number of halogens is 1. The van der Waals surface area contributed by atoms with Gasteiger partial charge in [-0.1, -0.05) is 11.6 Å². The molecule has 0 saturated heterocycles. The smallest absolute Gasteiger partial charge is 0.335 e. The topological polar surface area (TPSA) is 95.1 Å². The molecule has 0 aliphatic carbocycles. The summed E-state index contributed by atoms with van der Waals surface area (Å²) < 4.78 is 0. The third-order valence-corrected chi connectivity index (χ3v) is 2.73. The Hall–Kier alpha value is -2.34. The van der Waals surface area contributed by atoms with Gasteiger partial charge in [-0.25, -0.2) is 4.79 Å². The zero-order chi connectivity index (χ0) is 14.0. The number of rotatable bonds is 3.